The van der Waals surface area contributed by atoms with Gasteiger partial charge < -0.3 is 15.2 Å². The summed E-state index contributed by atoms with van der Waals surface area (Å²) in [6.45, 7) is 8.42. The number of carbonyl (C=O) groups excluding carboxylic acids is 1. The van der Waals surface area contributed by atoms with Gasteiger partial charge >= 0.3 is 12.1 Å². The highest BCUT2D eigenvalue weighted by Crippen LogP contribution is 2.49. The zero-order valence-corrected chi connectivity index (χ0v) is 19.1. The van der Waals surface area contributed by atoms with Crippen LogP contribution in [0.1, 0.15) is 62.6 Å². The van der Waals surface area contributed by atoms with Gasteiger partial charge in [0.25, 0.3) is 0 Å². The van der Waals surface area contributed by atoms with Gasteiger partial charge in [-0.25, -0.2) is 4.79 Å². The monoisotopic (exact) mass is 470 g/mol. The molecule has 6 nitrogen and oxygen atoms in total. The van der Waals surface area contributed by atoms with Crippen LogP contribution in [0.5, 0.6) is 0 Å². The lowest BCUT2D eigenvalue weighted by molar-refractivity contribution is -0.192. The molecule has 1 aromatic rings. The molecule has 2 fully saturated rings. The molecule has 0 spiro atoms. The van der Waals surface area contributed by atoms with Gasteiger partial charge in [-0.15, -0.1) is 0 Å². The number of amides is 1. The van der Waals surface area contributed by atoms with Crippen molar-refractivity contribution in [3.8, 4) is 0 Å². The molecule has 1 aliphatic carbocycles. The van der Waals surface area contributed by atoms with Gasteiger partial charge in [-0.2, -0.15) is 13.2 Å². The number of hydrogen-bond acceptors (Lipinski definition) is 4. The maximum atomic E-state index is 12.8. The molecule has 1 unspecified atom stereocenters. The Labute approximate surface area is 192 Å². The van der Waals surface area contributed by atoms with Crippen LogP contribution in [0.3, 0.4) is 0 Å². The fourth-order valence-corrected chi connectivity index (χ4v) is 5.14. The first-order chi connectivity index (χ1) is 15.6. The third-order valence-corrected chi connectivity index (χ3v) is 7.14. The minimum Gasteiger partial charge on any atom is -0.475 e. The van der Waals surface area contributed by atoms with Crippen molar-refractivity contribution in [3.63, 3.8) is 0 Å². The molecule has 3 aliphatic rings. The molecule has 1 amide bonds. The molecule has 2 N–H and O–H groups in total. The van der Waals surface area contributed by atoms with Gasteiger partial charge in [-0.3, -0.25) is 9.69 Å². The van der Waals surface area contributed by atoms with E-state index in [-0.39, 0.29) is 11.9 Å². The number of ether oxygens (including phenoxy) is 1. The third-order valence-electron chi connectivity index (χ3n) is 7.14. The summed E-state index contributed by atoms with van der Waals surface area (Å²) in [6, 6.07) is 9.56. The van der Waals surface area contributed by atoms with Gasteiger partial charge in [-0.05, 0) is 43.2 Å². The second-order valence-corrected chi connectivity index (χ2v) is 9.22. The number of nitrogens with zero attached hydrogens (tertiary/aromatic N) is 1. The summed E-state index contributed by atoms with van der Waals surface area (Å²) in [4.78, 5) is 24.3. The number of alkyl halides is 3. The van der Waals surface area contributed by atoms with E-state index in [0.29, 0.717) is 30.2 Å². The molecule has 2 heterocycles. The summed E-state index contributed by atoms with van der Waals surface area (Å²) in [6.07, 6.45) is -1.22. The lowest BCUT2D eigenvalue weighted by atomic mass is 9.93. The predicted molar refractivity (Wildman–Crippen MR) is 117 cm³/mol. The molecule has 0 bridgehead atoms. The average Bonchev–Trinajstić information content (AvgIpc) is 3.33. The number of aliphatic carboxylic acids is 1. The summed E-state index contributed by atoms with van der Waals surface area (Å²) in [5.41, 5.74) is 2.81. The minimum absolute atomic E-state index is 0.178. The Morgan fingerprint density at radius 2 is 1.79 bits per heavy atom. The van der Waals surface area contributed by atoms with Gasteiger partial charge in [-0.1, -0.05) is 31.2 Å². The van der Waals surface area contributed by atoms with Crippen LogP contribution in [0.15, 0.2) is 24.3 Å². The van der Waals surface area contributed by atoms with E-state index in [2.05, 4.69) is 48.3 Å². The molecular formula is C24H33F3N2O4. The molecule has 2 saturated heterocycles. The van der Waals surface area contributed by atoms with E-state index in [0.717, 1.165) is 39.1 Å². The maximum absolute atomic E-state index is 12.8. The average molecular weight is 471 g/mol. The number of halogens is 3. The number of carboxylic acids is 1. The summed E-state index contributed by atoms with van der Waals surface area (Å²) in [5.74, 6) is -0.975. The van der Waals surface area contributed by atoms with Gasteiger partial charge in [0.15, 0.2) is 0 Å². The molecule has 4 rings (SSSR count). The smallest absolute Gasteiger partial charge is 0.475 e. The predicted octanol–water partition coefficient (Wildman–Crippen LogP) is 4.12. The molecular weight excluding hydrogens is 437 g/mol. The van der Waals surface area contributed by atoms with Gasteiger partial charge in [0.05, 0.1) is 6.04 Å². The highest BCUT2D eigenvalue weighted by Gasteiger charge is 2.47. The Hall–Kier alpha value is -2.13. The second-order valence-electron chi connectivity index (χ2n) is 9.22. The van der Waals surface area contributed by atoms with Crippen LogP contribution in [0.4, 0.5) is 13.2 Å². The molecule has 9 heteroatoms. The Morgan fingerprint density at radius 1 is 1.18 bits per heavy atom. The SMILES string of the molecule is CCC(C)N1C[C@@H]2[C@H](NC(=O)CC3CCOCC3)c3ccccc3[C@@H]2C1.O=C(O)C(F)(F)F. The number of carbonyl (C=O) groups is 2. The summed E-state index contributed by atoms with van der Waals surface area (Å²) in [5, 5.41) is 10.5. The highest BCUT2D eigenvalue weighted by atomic mass is 19.4. The normalized spacial score (nSPS) is 26.0. The summed E-state index contributed by atoms with van der Waals surface area (Å²) < 4.78 is 37.2. The Balaban J connectivity index is 0.000000383. The largest absolute Gasteiger partial charge is 0.490 e. The number of hydrogen-bond donors (Lipinski definition) is 2. The number of likely N-dealkylation sites (tertiary alicyclic amines) is 1. The standard InChI is InChI=1S/C22H32N2O2.C2HF3O2/c1-3-15(2)24-13-19-17-6-4-5-7-18(17)22(20(19)14-24)23-21(25)12-16-8-10-26-11-9-16;3-2(4,5)1(6)7/h4-7,15-16,19-20,22H,3,8-14H2,1-2H3,(H,23,25);(H,6,7)/t15?,19-,20-,22+;/m0./s1. The molecule has 1 aromatic carbocycles. The van der Waals surface area contributed by atoms with Gasteiger partial charge in [0.1, 0.15) is 0 Å². The molecule has 184 valence electrons. The van der Waals surface area contributed by atoms with Crippen LogP contribution in [-0.4, -0.2) is 60.4 Å². The van der Waals surface area contributed by atoms with Crippen molar-refractivity contribution in [2.45, 2.75) is 63.7 Å². The number of rotatable bonds is 5. The first-order valence-corrected chi connectivity index (χ1v) is 11.6. The van der Waals surface area contributed by atoms with Crippen molar-refractivity contribution in [2.24, 2.45) is 11.8 Å². The van der Waals surface area contributed by atoms with E-state index < -0.39 is 12.1 Å². The number of benzene rings is 1. The fraction of sp³-hybridized carbons (Fsp3) is 0.667. The molecule has 33 heavy (non-hydrogen) atoms. The van der Waals surface area contributed by atoms with Crippen molar-refractivity contribution in [1.82, 2.24) is 10.2 Å². The number of carboxylic acid groups (broad SMARTS) is 1. The van der Waals surface area contributed by atoms with Crippen molar-refractivity contribution in [2.75, 3.05) is 26.3 Å². The highest BCUT2D eigenvalue weighted by molar-refractivity contribution is 5.77. The molecule has 0 aromatic heterocycles. The van der Waals surface area contributed by atoms with Crippen molar-refractivity contribution < 1.29 is 32.6 Å². The van der Waals surface area contributed by atoms with E-state index in [9.17, 15) is 18.0 Å². The number of fused-ring (bicyclic) bond motifs is 3. The van der Waals surface area contributed by atoms with Gasteiger partial charge in [0.2, 0.25) is 5.91 Å². The molecule has 4 atom stereocenters. The zero-order valence-electron chi connectivity index (χ0n) is 19.1. The molecule has 0 radical (unpaired) electrons. The zero-order chi connectivity index (χ0) is 24.2. The van der Waals surface area contributed by atoms with E-state index in [1.165, 1.54) is 17.5 Å². The quantitative estimate of drug-likeness (QED) is 0.677. The van der Waals surface area contributed by atoms with Crippen molar-refractivity contribution in [1.29, 1.82) is 0 Å². The molecule has 2 aliphatic heterocycles. The van der Waals surface area contributed by atoms with Crippen molar-refractivity contribution >= 4 is 11.9 Å². The second kappa shape index (κ2) is 10.9. The lowest BCUT2D eigenvalue weighted by Crippen LogP contribution is -2.36. The Bertz CT molecular complexity index is 826. The first-order valence-electron chi connectivity index (χ1n) is 11.6. The van der Waals surface area contributed by atoms with E-state index in [1.807, 2.05) is 0 Å². The van der Waals surface area contributed by atoms with Crippen LogP contribution >= 0.6 is 0 Å². The Morgan fingerprint density at radius 3 is 2.36 bits per heavy atom. The Kier molecular flexibility index (Phi) is 8.39. The van der Waals surface area contributed by atoms with Crippen molar-refractivity contribution in [3.05, 3.63) is 35.4 Å². The van der Waals surface area contributed by atoms with Crippen LogP contribution in [0.2, 0.25) is 0 Å². The van der Waals surface area contributed by atoms with E-state index in [1.54, 1.807) is 0 Å². The first kappa shape index (κ1) is 25.5. The topological polar surface area (TPSA) is 78.9 Å². The summed E-state index contributed by atoms with van der Waals surface area (Å²) in [7, 11) is 0. The summed E-state index contributed by atoms with van der Waals surface area (Å²) >= 11 is 0. The van der Waals surface area contributed by atoms with E-state index >= 15 is 0 Å². The minimum atomic E-state index is -5.08. The van der Waals surface area contributed by atoms with Crippen LogP contribution < -0.4 is 5.32 Å². The van der Waals surface area contributed by atoms with Crippen LogP contribution in [0, 0.1) is 11.8 Å². The van der Waals surface area contributed by atoms with Crippen LogP contribution in [0.25, 0.3) is 0 Å². The van der Waals surface area contributed by atoms with E-state index in [4.69, 9.17) is 14.6 Å². The third kappa shape index (κ3) is 6.26. The number of nitrogens with one attached hydrogen (secondary N) is 1. The molecule has 0 saturated carbocycles. The lowest BCUT2D eigenvalue weighted by Gasteiger charge is -2.27. The van der Waals surface area contributed by atoms with Gasteiger partial charge in [0, 0.05) is 50.6 Å². The fourth-order valence-electron chi connectivity index (χ4n) is 5.14. The van der Waals surface area contributed by atoms with Crippen LogP contribution in [-0.2, 0) is 14.3 Å². The maximum Gasteiger partial charge on any atom is 0.490 e.